The van der Waals surface area contributed by atoms with E-state index in [4.69, 9.17) is 0 Å². The summed E-state index contributed by atoms with van der Waals surface area (Å²) in [7, 11) is 0. The second-order valence-electron chi connectivity index (χ2n) is 7.47. The molecule has 2 aliphatic rings. The van der Waals surface area contributed by atoms with Crippen molar-refractivity contribution < 1.29 is 4.79 Å². The summed E-state index contributed by atoms with van der Waals surface area (Å²) in [5, 5.41) is 13.6. The zero-order valence-corrected chi connectivity index (χ0v) is 15.3. The quantitative estimate of drug-likeness (QED) is 0.825. The van der Waals surface area contributed by atoms with Gasteiger partial charge in [-0.15, -0.1) is 6.58 Å². The number of anilines is 1. The van der Waals surface area contributed by atoms with Crippen molar-refractivity contribution in [3.05, 3.63) is 78.4 Å². The Hall–Kier alpha value is -3.06. The number of amides is 1. The highest BCUT2D eigenvalue weighted by Crippen LogP contribution is 2.47. The first-order chi connectivity index (χ1) is 13.1. The lowest BCUT2D eigenvalue weighted by Crippen LogP contribution is -2.62. The fourth-order valence-corrected chi connectivity index (χ4v) is 4.53. The zero-order chi connectivity index (χ0) is 18.9. The molecule has 1 spiro atoms. The number of nitrogens with zero attached hydrogens (tertiary/aromatic N) is 2. The molecule has 4 rings (SSSR count). The summed E-state index contributed by atoms with van der Waals surface area (Å²) in [6.07, 6.45) is 4.65. The Kier molecular flexibility index (Phi) is 4.24. The van der Waals surface area contributed by atoms with Crippen LogP contribution in [-0.4, -0.2) is 23.0 Å². The highest BCUT2D eigenvalue weighted by Gasteiger charge is 2.50. The van der Waals surface area contributed by atoms with Crippen molar-refractivity contribution in [1.82, 2.24) is 4.90 Å². The van der Waals surface area contributed by atoms with Gasteiger partial charge in [0.2, 0.25) is 0 Å². The number of hydrogen-bond acceptors (Lipinski definition) is 3. The number of fused-ring (bicyclic) bond motifs is 1. The van der Waals surface area contributed by atoms with E-state index >= 15 is 0 Å². The van der Waals surface area contributed by atoms with Gasteiger partial charge in [0, 0.05) is 12.2 Å². The number of carbonyl (C=O) groups excluding carboxylic acids is 1. The van der Waals surface area contributed by atoms with Gasteiger partial charge < -0.3 is 10.2 Å². The maximum absolute atomic E-state index is 13.2. The molecule has 0 bridgehead atoms. The number of benzene rings is 2. The van der Waals surface area contributed by atoms with Gasteiger partial charge in [0.15, 0.2) is 0 Å². The van der Waals surface area contributed by atoms with E-state index < -0.39 is 11.1 Å². The molecule has 1 fully saturated rings. The molecule has 1 aliphatic carbocycles. The van der Waals surface area contributed by atoms with E-state index in [-0.39, 0.29) is 5.91 Å². The van der Waals surface area contributed by atoms with Crippen LogP contribution in [-0.2, 0) is 5.41 Å². The molecular formula is C23H23N3O. The van der Waals surface area contributed by atoms with Crippen LogP contribution in [0.1, 0.15) is 41.6 Å². The minimum absolute atomic E-state index is 0.0356. The molecule has 1 N–H and O–H groups in total. The van der Waals surface area contributed by atoms with Gasteiger partial charge >= 0.3 is 0 Å². The van der Waals surface area contributed by atoms with E-state index in [2.05, 4.69) is 18.0 Å². The molecule has 4 nitrogen and oxygen atoms in total. The minimum atomic E-state index is -0.492. The second-order valence-corrected chi connectivity index (χ2v) is 7.47. The van der Waals surface area contributed by atoms with Gasteiger partial charge in [-0.05, 0) is 43.4 Å². The molecule has 2 aromatic carbocycles. The Morgan fingerprint density at radius 3 is 2.41 bits per heavy atom. The van der Waals surface area contributed by atoms with Crippen LogP contribution in [0.2, 0.25) is 0 Å². The first-order valence-corrected chi connectivity index (χ1v) is 9.41. The molecule has 0 unspecified atom stereocenters. The van der Waals surface area contributed by atoms with Gasteiger partial charge in [-0.2, -0.15) is 5.26 Å². The number of rotatable bonds is 3. The van der Waals surface area contributed by atoms with Crippen LogP contribution in [0.15, 0.2) is 67.3 Å². The molecule has 1 aliphatic heterocycles. The van der Waals surface area contributed by atoms with Crippen molar-refractivity contribution in [3.8, 4) is 6.07 Å². The number of carbonyl (C=O) groups is 1. The second kappa shape index (κ2) is 6.59. The van der Waals surface area contributed by atoms with Crippen LogP contribution in [0.5, 0.6) is 0 Å². The molecule has 0 saturated heterocycles. The Morgan fingerprint density at radius 2 is 1.74 bits per heavy atom. The van der Waals surface area contributed by atoms with Gasteiger partial charge in [0.1, 0.15) is 5.66 Å². The molecular weight excluding hydrogens is 334 g/mol. The number of hydrogen-bond donors (Lipinski definition) is 1. The van der Waals surface area contributed by atoms with Gasteiger partial charge in [-0.1, -0.05) is 48.5 Å². The molecule has 2 aromatic rings. The lowest BCUT2D eigenvalue weighted by molar-refractivity contribution is 0.0391. The number of nitriles is 1. The van der Waals surface area contributed by atoms with Crippen LogP contribution in [0.3, 0.4) is 0 Å². The lowest BCUT2D eigenvalue weighted by Gasteiger charge is -2.53. The number of para-hydroxylation sites is 1. The summed E-state index contributed by atoms with van der Waals surface area (Å²) in [6, 6.07) is 20.3. The fourth-order valence-electron chi connectivity index (χ4n) is 4.53. The van der Waals surface area contributed by atoms with Crippen molar-refractivity contribution in [2.75, 3.05) is 11.9 Å². The standard InChI is InChI=1S/C23H23N3O/c1-2-16-26-21(27)19-10-6-7-11-20(19)25-23(26)14-12-22(17-24,13-15-23)18-8-4-3-5-9-18/h2-11,25H,1,12-16H2. The van der Waals surface area contributed by atoms with Crippen LogP contribution in [0.4, 0.5) is 5.69 Å². The minimum Gasteiger partial charge on any atom is -0.362 e. The van der Waals surface area contributed by atoms with E-state index in [1.54, 1.807) is 6.08 Å². The predicted octanol–water partition coefficient (Wildman–Crippen LogP) is 4.47. The third-order valence-electron chi connectivity index (χ3n) is 6.07. The maximum Gasteiger partial charge on any atom is 0.258 e. The summed E-state index contributed by atoms with van der Waals surface area (Å²) >= 11 is 0. The van der Waals surface area contributed by atoms with Gasteiger partial charge in [0.05, 0.1) is 17.0 Å². The Labute approximate surface area is 160 Å². The van der Waals surface area contributed by atoms with Crippen molar-refractivity contribution in [3.63, 3.8) is 0 Å². The first-order valence-electron chi connectivity index (χ1n) is 9.41. The Morgan fingerprint density at radius 1 is 1.07 bits per heavy atom. The lowest BCUT2D eigenvalue weighted by atomic mass is 9.66. The normalized spacial score (nSPS) is 26.8. The number of nitrogens with one attached hydrogen (secondary N) is 1. The third kappa shape index (κ3) is 2.71. The molecule has 1 heterocycles. The molecule has 1 saturated carbocycles. The fraction of sp³-hybridized carbons (Fsp3) is 0.304. The zero-order valence-electron chi connectivity index (χ0n) is 15.3. The van der Waals surface area contributed by atoms with Crippen molar-refractivity contribution in [2.24, 2.45) is 0 Å². The van der Waals surface area contributed by atoms with Crippen LogP contribution >= 0.6 is 0 Å². The first kappa shape index (κ1) is 17.4. The average molecular weight is 357 g/mol. The van der Waals surface area contributed by atoms with E-state index in [0.717, 1.165) is 24.1 Å². The van der Waals surface area contributed by atoms with Crippen LogP contribution < -0.4 is 5.32 Å². The summed E-state index contributed by atoms with van der Waals surface area (Å²) < 4.78 is 0. The molecule has 136 valence electrons. The molecule has 0 radical (unpaired) electrons. The van der Waals surface area contributed by atoms with Crippen LogP contribution in [0, 0.1) is 11.3 Å². The predicted molar refractivity (Wildman–Crippen MR) is 106 cm³/mol. The molecule has 27 heavy (non-hydrogen) atoms. The van der Waals surface area contributed by atoms with E-state index in [1.807, 2.05) is 59.5 Å². The molecule has 4 heteroatoms. The van der Waals surface area contributed by atoms with Gasteiger partial charge in [-0.3, -0.25) is 4.79 Å². The molecule has 0 aromatic heterocycles. The van der Waals surface area contributed by atoms with Crippen molar-refractivity contribution in [1.29, 1.82) is 5.26 Å². The smallest absolute Gasteiger partial charge is 0.258 e. The Balaban J connectivity index is 1.69. The summed E-state index contributed by atoms with van der Waals surface area (Å²) in [5.41, 5.74) is 1.69. The van der Waals surface area contributed by atoms with E-state index in [9.17, 15) is 10.1 Å². The topological polar surface area (TPSA) is 56.1 Å². The molecule has 0 atom stereocenters. The SMILES string of the molecule is C=CCN1C(=O)c2ccccc2NC12CCC(C#N)(c1ccccc1)CC2. The summed E-state index contributed by atoms with van der Waals surface area (Å²) in [6.45, 7) is 4.33. The van der Waals surface area contributed by atoms with E-state index in [0.29, 0.717) is 24.9 Å². The van der Waals surface area contributed by atoms with E-state index in [1.165, 1.54) is 0 Å². The van der Waals surface area contributed by atoms with Crippen LogP contribution in [0.25, 0.3) is 0 Å². The molecule has 1 amide bonds. The van der Waals surface area contributed by atoms with Gasteiger partial charge in [-0.25, -0.2) is 0 Å². The monoisotopic (exact) mass is 357 g/mol. The maximum atomic E-state index is 13.2. The third-order valence-corrected chi connectivity index (χ3v) is 6.07. The Bertz CT molecular complexity index is 905. The highest BCUT2D eigenvalue weighted by atomic mass is 16.2. The largest absolute Gasteiger partial charge is 0.362 e. The van der Waals surface area contributed by atoms with Gasteiger partial charge in [0.25, 0.3) is 5.91 Å². The summed E-state index contributed by atoms with van der Waals surface area (Å²) in [4.78, 5) is 15.1. The van der Waals surface area contributed by atoms with Crippen molar-refractivity contribution >= 4 is 11.6 Å². The summed E-state index contributed by atoms with van der Waals surface area (Å²) in [5.74, 6) is 0.0356. The van der Waals surface area contributed by atoms with Crippen molar-refractivity contribution in [2.45, 2.75) is 36.8 Å². The average Bonchev–Trinajstić information content (AvgIpc) is 2.73. The highest BCUT2D eigenvalue weighted by molar-refractivity contribution is 6.02.